The summed E-state index contributed by atoms with van der Waals surface area (Å²) in [5.74, 6) is 1.33. The van der Waals surface area contributed by atoms with Gasteiger partial charge in [0.2, 0.25) is 0 Å². The maximum Gasteiger partial charge on any atom is 0.124 e. The number of hydrogen-bond acceptors (Lipinski definition) is 1. The molecule has 3 atom stereocenters. The highest BCUT2D eigenvalue weighted by molar-refractivity contribution is 9.10. The van der Waals surface area contributed by atoms with Crippen LogP contribution in [-0.2, 0) is 0 Å². The number of halogens is 2. The van der Waals surface area contributed by atoms with Gasteiger partial charge in [-0.15, -0.1) is 0 Å². The summed E-state index contributed by atoms with van der Waals surface area (Å²) < 4.78 is 13.7. The third-order valence-electron chi connectivity index (χ3n) is 3.94. The van der Waals surface area contributed by atoms with Crippen LogP contribution in [-0.4, -0.2) is 5.11 Å². The van der Waals surface area contributed by atoms with Crippen LogP contribution in [0.15, 0.2) is 22.7 Å². The van der Waals surface area contributed by atoms with Crippen LogP contribution in [0.3, 0.4) is 0 Å². The predicted molar refractivity (Wildman–Crippen MR) is 74.7 cm³/mol. The van der Waals surface area contributed by atoms with Crippen molar-refractivity contribution < 1.29 is 9.50 Å². The standard InChI is InChI=1S/C15H20BrFO/c1-9-5-10(2)7-11(6-9)15(18)13-4-3-12(17)8-14(13)16/h3-4,8-11,15,18H,5-7H2,1-2H3. The van der Waals surface area contributed by atoms with Crippen LogP contribution in [0.2, 0.25) is 0 Å². The van der Waals surface area contributed by atoms with Gasteiger partial charge in [0.25, 0.3) is 0 Å². The largest absolute Gasteiger partial charge is 0.388 e. The SMILES string of the molecule is CC1CC(C)CC(C(O)c2ccc(F)cc2Br)C1. The van der Waals surface area contributed by atoms with Crippen molar-refractivity contribution in [3.63, 3.8) is 0 Å². The highest BCUT2D eigenvalue weighted by atomic mass is 79.9. The first-order chi connectivity index (χ1) is 8.47. The molecule has 18 heavy (non-hydrogen) atoms. The molecule has 0 spiro atoms. The van der Waals surface area contributed by atoms with E-state index < -0.39 is 6.10 Å². The molecule has 1 aromatic carbocycles. The summed E-state index contributed by atoms with van der Waals surface area (Å²) in [7, 11) is 0. The van der Waals surface area contributed by atoms with E-state index in [1.54, 1.807) is 6.07 Å². The first-order valence-corrected chi connectivity index (χ1v) is 7.39. The van der Waals surface area contributed by atoms with Gasteiger partial charge in [0.1, 0.15) is 5.82 Å². The Hall–Kier alpha value is -0.410. The third-order valence-corrected chi connectivity index (χ3v) is 4.63. The Morgan fingerprint density at radius 1 is 1.22 bits per heavy atom. The number of aliphatic hydroxyl groups is 1. The lowest BCUT2D eigenvalue weighted by molar-refractivity contribution is 0.0546. The fourth-order valence-electron chi connectivity index (χ4n) is 3.26. The van der Waals surface area contributed by atoms with E-state index in [0.717, 1.165) is 18.4 Å². The summed E-state index contributed by atoms with van der Waals surface area (Å²) >= 11 is 3.34. The van der Waals surface area contributed by atoms with E-state index >= 15 is 0 Å². The third kappa shape index (κ3) is 3.12. The van der Waals surface area contributed by atoms with Crippen LogP contribution in [0, 0.1) is 23.6 Å². The predicted octanol–water partition coefficient (Wildman–Crippen LogP) is 4.69. The lowest BCUT2D eigenvalue weighted by atomic mass is 9.73. The van der Waals surface area contributed by atoms with Crippen molar-refractivity contribution in [1.29, 1.82) is 0 Å². The molecule has 2 rings (SSSR count). The maximum absolute atomic E-state index is 13.1. The molecule has 0 heterocycles. The summed E-state index contributed by atoms with van der Waals surface area (Å²) in [5, 5.41) is 10.5. The molecule has 0 aliphatic heterocycles. The Morgan fingerprint density at radius 2 is 1.83 bits per heavy atom. The molecule has 0 saturated heterocycles. The van der Waals surface area contributed by atoms with Crippen molar-refractivity contribution in [2.75, 3.05) is 0 Å². The monoisotopic (exact) mass is 314 g/mol. The van der Waals surface area contributed by atoms with Crippen molar-refractivity contribution in [2.24, 2.45) is 17.8 Å². The zero-order valence-corrected chi connectivity index (χ0v) is 12.5. The molecule has 0 amide bonds. The molecular weight excluding hydrogens is 295 g/mol. The van der Waals surface area contributed by atoms with Crippen molar-refractivity contribution in [1.82, 2.24) is 0 Å². The Morgan fingerprint density at radius 3 is 2.39 bits per heavy atom. The maximum atomic E-state index is 13.1. The minimum absolute atomic E-state index is 0.275. The summed E-state index contributed by atoms with van der Waals surface area (Å²) in [5.41, 5.74) is 0.808. The van der Waals surface area contributed by atoms with Gasteiger partial charge < -0.3 is 5.11 Å². The Kier molecular flexibility index (Phi) is 4.44. The molecule has 1 nitrogen and oxygen atoms in total. The molecule has 0 bridgehead atoms. The molecule has 1 saturated carbocycles. The first kappa shape index (κ1) is 14.0. The Bertz CT molecular complexity index is 411. The van der Waals surface area contributed by atoms with Crippen LogP contribution in [0.1, 0.15) is 44.8 Å². The minimum atomic E-state index is -0.495. The second-order valence-corrected chi connectivity index (χ2v) is 6.64. The van der Waals surface area contributed by atoms with E-state index in [2.05, 4.69) is 29.8 Å². The normalized spacial score (nSPS) is 30.2. The van der Waals surface area contributed by atoms with Crippen LogP contribution < -0.4 is 0 Å². The summed E-state index contributed by atoms with van der Waals surface area (Å²) in [6, 6.07) is 4.53. The topological polar surface area (TPSA) is 20.2 Å². The number of hydrogen-bond donors (Lipinski definition) is 1. The lowest BCUT2D eigenvalue weighted by Crippen LogP contribution is -2.24. The molecule has 1 aromatic rings. The van der Waals surface area contributed by atoms with Crippen LogP contribution in [0.4, 0.5) is 4.39 Å². The van der Waals surface area contributed by atoms with E-state index in [0.29, 0.717) is 16.3 Å². The zero-order chi connectivity index (χ0) is 13.3. The van der Waals surface area contributed by atoms with Crippen LogP contribution in [0.25, 0.3) is 0 Å². The summed E-state index contributed by atoms with van der Waals surface area (Å²) in [6.07, 6.45) is 2.85. The van der Waals surface area contributed by atoms with Gasteiger partial charge >= 0.3 is 0 Å². The van der Waals surface area contributed by atoms with Crippen molar-refractivity contribution in [3.05, 3.63) is 34.1 Å². The molecule has 1 fully saturated rings. The molecule has 1 aliphatic carbocycles. The van der Waals surface area contributed by atoms with Gasteiger partial charge in [0.15, 0.2) is 0 Å². The Balaban J connectivity index is 2.17. The second kappa shape index (κ2) is 5.70. The van der Waals surface area contributed by atoms with Gasteiger partial charge in [-0.05, 0) is 54.7 Å². The van der Waals surface area contributed by atoms with Crippen LogP contribution >= 0.6 is 15.9 Å². The number of aliphatic hydroxyl groups excluding tert-OH is 1. The van der Waals surface area contributed by atoms with Crippen molar-refractivity contribution in [2.45, 2.75) is 39.2 Å². The molecular formula is C15H20BrFO. The molecule has 100 valence electrons. The smallest absolute Gasteiger partial charge is 0.124 e. The minimum Gasteiger partial charge on any atom is -0.388 e. The van der Waals surface area contributed by atoms with E-state index in [-0.39, 0.29) is 11.7 Å². The van der Waals surface area contributed by atoms with Gasteiger partial charge in [0.05, 0.1) is 6.10 Å². The molecule has 0 aromatic heterocycles. The fraction of sp³-hybridized carbons (Fsp3) is 0.600. The molecule has 0 radical (unpaired) electrons. The summed E-state index contributed by atoms with van der Waals surface area (Å²) in [6.45, 7) is 4.49. The van der Waals surface area contributed by atoms with Gasteiger partial charge in [0, 0.05) is 4.47 Å². The van der Waals surface area contributed by atoms with Crippen LogP contribution in [0.5, 0.6) is 0 Å². The van der Waals surface area contributed by atoms with Crippen molar-refractivity contribution in [3.8, 4) is 0 Å². The number of benzene rings is 1. The quantitative estimate of drug-likeness (QED) is 0.839. The second-order valence-electron chi connectivity index (χ2n) is 5.79. The van der Waals surface area contributed by atoms with Gasteiger partial charge in [-0.3, -0.25) is 0 Å². The average molecular weight is 315 g/mol. The highest BCUT2D eigenvalue weighted by Crippen LogP contribution is 2.41. The molecule has 3 heteroatoms. The van der Waals surface area contributed by atoms with Crippen molar-refractivity contribution >= 4 is 15.9 Å². The highest BCUT2D eigenvalue weighted by Gasteiger charge is 2.30. The van der Waals surface area contributed by atoms with Gasteiger partial charge in [-0.25, -0.2) is 4.39 Å². The van der Waals surface area contributed by atoms with Gasteiger partial charge in [-0.2, -0.15) is 0 Å². The van der Waals surface area contributed by atoms with E-state index in [1.807, 2.05) is 0 Å². The zero-order valence-electron chi connectivity index (χ0n) is 10.9. The lowest BCUT2D eigenvalue weighted by Gasteiger charge is -2.34. The van der Waals surface area contributed by atoms with E-state index in [4.69, 9.17) is 0 Å². The Labute approximate surface area is 117 Å². The first-order valence-electron chi connectivity index (χ1n) is 6.60. The van der Waals surface area contributed by atoms with E-state index in [9.17, 15) is 9.50 Å². The van der Waals surface area contributed by atoms with Gasteiger partial charge in [-0.1, -0.05) is 35.8 Å². The molecule has 1 N–H and O–H groups in total. The van der Waals surface area contributed by atoms with E-state index in [1.165, 1.54) is 18.6 Å². The molecule has 3 unspecified atom stereocenters. The summed E-state index contributed by atoms with van der Waals surface area (Å²) in [4.78, 5) is 0. The fourth-order valence-corrected chi connectivity index (χ4v) is 3.85. The average Bonchev–Trinajstić information content (AvgIpc) is 2.26. The number of rotatable bonds is 2. The molecule has 1 aliphatic rings.